The van der Waals surface area contributed by atoms with Crippen LogP contribution in [0.2, 0.25) is 5.02 Å². The van der Waals surface area contributed by atoms with Gasteiger partial charge in [0.15, 0.2) is 0 Å². The summed E-state index contributed by atoms with van der Waals surface area (Å²) < 4.78 is 0. The Kier molecular flexibility index (Phi) is 5.79. The first-order chi connectivity index (χ1) is 8.95. The van der Waals surface area contributed by atoms with Gasteiger partial charge in [-0.15, -0.1) is 0 Å². The Bertz CT molecular complexity index is 475. The molecule has 0 heterocycles. The lowest BCUT2D eigenvalue weighted by Crippen LogP contribution is -2.24. The zero-order chi connectivity index (χ0) is 14.4. The van der Waals surface area contributed by atoms with Crippen molar-refractivity contribution in [3.05, 3.63) is 28.8 Å². The van der Waals surface area contributed by atoms with E-state index in [1.54, 1.807) is 26.2 Å². The van der Waals surface area contributed by atoms with Crippen molar-refractivity contribution >= 4 is 29.1 Å². The van der Waals surface area contributed by atoms with Crippen LogP contribution in [0.1, 0.15) is 23.2 Å². The molecule has 104 valence electrons. The number of carbonyl (C=O) groups is 2. The number of aliphatic hydroxyl groups is 1. The minimum absolute atomic E-state index is 0.0492. The van der Waals surface area contributed by atoms with Gasteiger partial charge in [-0.3, -0.25) is 9.59 Å². The molecular weight excluding hydrogens is 268 g/mol. The molecule has 0 aliphatic rings. The highest BCUT2D eigenvalue weighted by atomic mass is 35.5. The number of rotatable bonds is 5. The molecule has 6 heteroatoms. The molecule has 0 bridgehead atoms. The highest BCUT2D eigenvalue weighted by Crippen LogP contribution is 2.22. The highest BCUT2D eigenvalue weighted by molar-refractivity contribution is 6.31. The minimum atomic E-state index is -0.260. The smallest absolute Gasteiger partial charge is 0.255 e. The molecule has 2 N–H and O–H groups in total. The van der Waals surface area contributed by atoms with E-state index in [0.717, 1.165) is 0 Å². The molecule has 2 amide bonds. The van der Waals surface area contributed by atoms with Crippen molar-refractivity contribution in [3.8, 4) is 0 Å². The van der Waals surface area contributed by atoms with Crippen LogP contribution in [0, 0.1) is 0 Å². The fourth-order valence-corrected chi connectivity index (χ4v) is 1.67. The summed E-state index contributed by atoms with van der Waals surface area (Å²) in [7, 11) is 3.27. The Morgan fingerprint density at radius 1 is 1.37 bits per heavy atom. The summed E-state index contributed by atoms with van der Waals surface area (Å²) in [6, 6.07) is 4.71. The zero-order valence-corrected chi connectivity index (χ0v) is 11.7. The van der Waals surface area contributed by atoms with E-state index in [4.69, 9.17) is 16.7 Å². The molecule has 1 aromatic rings. The Balaban J connectivity index is 2.94. The van der Waals surface area contributed by atoms with Crippen LogP contribution in [-0.2, 0) is 4.79 Å². The number of hydrogen-bond donors (Lipinski definition) is 2. The van der Waals surface area contributed by atoms with Crippen molar-refractivity contribution in [3.63, 3.8) is 0 Å². The topological polar surface area (TPSA) is 69.6 Å². The van der Waals surface area contributed by atoms with Crippen molar-refractivity contribution in [2.24, 2.45) is 0 Å². The van der Waals surface area contributed by atoms with E-state index < -0.39 is 0 Å². The molecule has 0 saturated carbocycles. The van der Waals surface area contributed by atoms with E-state index in [0.29, 0.717) is 22.7 Å². The fraction of sp³-hybridized carbons (Fsp3) is 0.385. The first-order valence-electron chi connectivity index (χ1n) is 5.87. The maximum absolute atomic E-state index is 12.0. The SMILES string of the molecule is CN(C)C(=O)c1ccc(Cl)cc1NC(=O)CCCO. The minimum Gasteiger partial charge on any atom is -0.396 e. The maximum atomic E-state index is 12.0. The highest BCUT2D eigenvalue weighted by Gasteiger charge is 2.15. The molecule has 0 aliphatic heterocycles. The standard InChI is InChI=1S/C13H17ClN2O3/c1-16(2)13(19)10-6-5-9(14)8-11(10)15-12(18)4-3-7-17/h5-6,8,17H,3-4,7H2,1-2H3,(H,15,18). The van der Waals surface area contributed by atoms with Crippen LogP contribution in [-0.4, -0.2) is 42.5 Å². The van der Waals surface area contributed by atoms with Gasteiger partial charge in [-0.05, 0) is 24.6 Å². The average Bonchev–Trinajstić information content (AvgIpc) is 2.35. The van der Waals surface area contributed by atoms with Crippen molar-refractivity contribution in [1.82, 2.24) is 4.90 Å². The molecule has 0 atom stereocenters. The third-order valence-electron chi connectivity index (χ3n) is 2.45. The van der Waals surface area contributed by atoms with Gasteiger partial charge in [-0.1, -0.05) is 11.6 Å². The van der Waals surface area contributed by atoms with Crippen LogP contribution in [0.4, 0.5) is 5.69 Å². The van der Waals surface area contributed by atoms with Crippen molar-refractivity contribution in [1.29, 1.82) is 0 Å². The third-order valence-corrected chi connectivity index (χ3v) is 2.69. The second kappa shape index (κ2) is 7.11. The van der Waals surface area contributed by atoms with Crippen molar-refractivity contribution in [2.45, 2.75) is 12.8 Å². The van der Waals surface area contributed by atoms with Crippen molar-refractivity contribution < 1.29 is 14.7 Å². The van der Waals surface area contributed by atoms with E-state index >= 15 is 0 Å². The Morgan fingerprint density at radius 2 is 2.05 bits per heavy atom. The summed E-state index contributed by atoms with van der Waals surface area (Å²) in [6.45, 7) is -0.0492. The first-order valence-corrected chi connectivity index (χ1v) is 6.25. The van der Waals surface area contributed by atoms with Gasteiger partial charge in [-0.2, -0.15) is 0 Å². The lowest BCUT2D eigenvalue weighted by molar-refractivity contribution is -0.116. The predicted octanol–water partition coefficient (Wildman–Crippen LogP) is 1.75. The predicted molar refractivity (Wildman–Crippen MR) is 74.4 cm³/mol. The normalized spacial score (nSPS) is 10.1. The molecule has 1 aromatic carbocycles. The van der Waals surface area contributed by atoms with Crippen LogP contribution in [0.25, 0.3) is 0 Å². The van der Waals surface area contributed by atoms with Gasteiger partial charge in [0.25, 0.3) is 5.91 Å². The summed E-state index contributed by atoms with van der Waals surface area (Å²) in [5, 5.41) is 11.8. The average molecular weight is 285 g/mol. The van der Waals surface area contributed by atoms with Gasteiger partial charge in [0, 0.05) is 32.1 Å². The van der Waals surface area contributed by atoms with Gasteiger partial charge in [0.1, 0.15) is 0 Å². The molecule has 0 saturated heterocycles. The second-order valence-electron chi connectivity index (χ2n) is 4.26. The monoisotopic (exact) mass is 284 g/mol. The Hall–Kier alpha value is -1.59. The van der Waals surface area contributed by atoms with Gasteiger partial charge in [0.2, 0.25) is 5.91 Å². The van der Waals surface area contributed by atoms with Crippen molar-refractivity contribution in [2.75, 3.05) is 26.0 Å². The van der Waals surface area contributed by atoms with E-state index in [1.165, 1.54) is 11.0 Å². The molecule has 0 aromatic heterocycles. The van der Waals surface area contributed by atoms with E-state index in [9.17, 15) is 9.59 Å². The molecule has 19 heavy (non-hydrogen) atoms. The van der Waals surface area contributed by atoms with Crippen LogP contribution in [0.5, 0.6) is 0 Å². The molecule has 0 spiro atoms. The molecule has 0 aliphatic carbocycles. The number of aliphatic hydroxyl groups excluding tert-OH is 1. The van der Waals surface area contributed by atoms with E-state index in [1.807, 2.05) is 0 Å². The number of nitrogens with one attached hydrogen (secondary N) is 1. The molecule has 1 rings (SSSR count). The van der Waals surface area contributed by atoms with Gasteiger partial charge < -0.3 is 15.3 Å². The molecule has 5 nitrogen and oxygen atoms in total. The fourth-order valence-electron chi connectivity index (χ4n) is 1.50. The first kappa shape index (κ1) is 15.5. The summed E-state index contributed by atoms with van der Waals surface area (Å²) in [6.07, 6.45) is 0.571. The number of carbonyl (C=O) groups excluding carboxylic acids is 2. The second-order valence-corrected chi connectivity index (χ2v) is 4.70. The summed E-state index contributed by atoms with van der Waals surface area (Å²) in [4.78, 5) is 25.0. The van der Waals surface area contributed by atoms with Crippen LogP contribution < -0.4 is 5.32 Å². The largest absolute Gasteiger partial charge is 0.396 e. The summed E-state index contributed by atoms with van der Waals surface area (Å²) >= 11 is 5.87. The van der Waals surface area contributed by atoms with Crippen LogP contribution >= 0.6 is 11.6 Å². The maximum Gasteiger partial charge on any atom is 0.255 e. The summed E-state index contributed by atoms with van der Waals surface area (Å²) in [5.74, 6) is -0.474. The lowest BCUT2D eigenvalue weighted by Gasteiger charge is -2.15. The number of amides is 2. The Labute approximate surface area is 117 Å². The lowest BCUT2D eigenvalue weighted by atomic mass is 10.1. The third kappa shape index (κ3) is 4.54. The van der Waals surface area contributed by atoms with E-state index in [2.05, 4.69) is 5.32 Å². The molecule has 0 unspecified atom stereocenters. The molecule has 0 radical (unpaired) electrons. The van der Waals surface area contributed by atoms with Gasteiger partial charge in [-0.25, -0.2) is 0 Å². The quantitative estimate of drug-likeness (QED) is 0.865. The zero-order valence-electron chi connectivity index (χ0n) is 10.9. The van der Waals surface area contributed by atoms with Gasteiger partial charge >= 0.3 is 0 Å². The number of nitrogens with zero attached hydrogens (tertiary/aromatic N) is 1. The van der Waals surface area contributed by atoms with E-state index in [-0.39, 0.29) is 24.8 Å². The van der Waals surface area contributed by atoms with Crippen LogP contribution in [0.15, 0.2) is 18.2 Å². The number of hydrogen-bond acceptors (Lipinski definition) is 3. The summed E-state index contributed by atoms with van der Waals surface area (Å²) in [5.41, 5.74) is 0.765. The molecular formula is C13H17ClN2O3. The number of benzene rings is 1. The molecule has 0 fully saturated rings. The number of anilines is 1. The number of halogens is 1. The Morgan fingerprint density at radius 3 is 2.63 bits per heavy atom. The van der Waals surface area contributed by atoms with Crippen LogP contribution in [0.3, 0.4) is 0 Å². The van der Waals surface area contributed by atoms with Gasteiger partial charge in [0.05, 0.1) is 11.3 Å².